The summed E-state index contributed by atoms with van der Waals surface area (Å²) >= 11 is 1.01. The van der Waals surface area contributed by atoms with Crippen LogP contribution in [0.4, 0.5) is 4.79 Å². The molecule has 2 unspecified atom stereocenters. The first kappa shape index (κ1) is 10.1. The molecule has 0 N–H and O–H groups in total. The Labute approximate surface area is 80.3 Å². The molecule has 1 aliphatic rings. The van der Waals surface area contributed by atoms with E-state index in [1.165, 1.54) is 6.92 Å². The Morgan fingerprint density at radius 3 is 2.69 bits per heavy atom. The molecule has 72 valence electrons. The Morgan fingerprint density at radius 1 is 1.69 bits per heavy atom. The van der Waals surface area contributed by atoms with E-state index in [1.807, 2.05) is 0 Å². The van der Waals surface area contributed by atoms with Crippen LogP contribution in [0.1, 0.15) is 13.8 Å². The van der Waals surface area contributed by atoms with Gasteiger partial charge in [0.2, 0.25) is 0 Å². The summed E-state index contributed by atoms with van der Waals surface area (Å²) in [6.07, 6.45) is -0.776. The quantitative estimate of drug-likeness (QED) is 0.504. The van der Waals surface area contributed by atoms with E-state index in [0.29, 0.717) is 5.57 Å². The van der Waals surface area contributed by atoms with Gasteiger partial charge >= 0.3 is 11.3 Å². The second kappa shape index (κ2) is 3.83. The third-order valence-corrected chi connectivity index (χ3v) is 2.33. The molecule has 0 amide bonds. The fourth-order valence-corrected chi connectivity index (χ4v) is 1.43. The van der Waals surface area contributed by atoms with Crippen LogP contribution in [0.2, 0.25) is 0 Å². The van der Waals surface area contributed by atoms with Crippen molar-refractivity contribution < 1.29 is 19.1 Å². The molecule has 1 aliphatic heterocycles. The first-order chi connectivity index (χ1) is 6.00. The van der Waals surface area contributed by atoms with Crippen molar-refractivity contribution in [2.75, 3.05) is 0 Å². The van der Waals surface area contributed by atoms with Crippen LogP contribution < -0.4 is 0 Å². The molecule has 4 nitrogen and oxygen atoms in total. The maximum atomic E-state index is 11.0. The van der Waals surface area contributed by atoms with Crippen LogP contribution in [0, 0.1) is 0 Å². The Hall–Kier alpha value is -0.970. The van der Waals surface area contributed by atoms with E-state index in [2.05, 4.69) is 6.58 Å². The van der Waals surface area contributed by atoms with E-state index >= 15 is 0 Å². The van der Waals surface area contributed by atoms with Gasteiger partial charge in [-0.05, 0) is 25.6 Å². The fraction of sp³-hybridized carbons (Fsp3) is 0.500. The fourth-order valence-electron chi connectivity index (χ4n) is 0.752. The monoisotopic (exact) mass is 202 g/mol. The highest BCUT2D eigenvalue weighted by Gasteiger charge is 2.35. The van der Waals surface area contributed by atoms with Crippen molar-refractivity contribution in [3.05, 3.63) is 12.2 Å². The Balaban J connectivity index is 2.50. The average Bonchev–Trinajstić information content (AvgIpc) is 2.30. The molecular formula is C8H10O4S. The second-order valence-electron chi connectivity index (χ2n) is 2.74. The molecule has 0 radical (unpaired) electrons. The minimum atomic E-state index is -0.776. The van der Waals surface area contributed by atoms with Crippen LogP contribution in [-0.4, -0.2) is 22.8 Å². The number of hydrogen-bond acceptors (Lipinski definition) is 5. The Bertz CT molecular complexity index is 261. The lowest BCUT2D eigenvalue weighted by Gasteiger charge is -2.13. The molecule has 13 heavy (non-hydrogen) atoms. The standard InChI is InChI=1S/C8H10O4S/c1-4(2)6(9)11-7-5(3)13-8(10)12-7/h5,7H,1H2,2-3H3. The predicted molar refractivity (Wildman–Crippen MR) is 48.2 cm³/mol. The lowest BCUT2D eigenvalue weighted by molar-refractivity contribution is -0.159. The van der Waals surface area contributed by atoms with Gasteiger partial charge in [-0.3, -0.25) is 0 Å². The van der Waals surface area contributed by atoms with Crippen LogP contribution in [-0.2, 0) is 14.3 Å². The summed E-state index contributed by atoms with van der Waals surface area (Å²) in [4.78, 5) is 21.8. The van der Waals surface area contributed by atoms with E-state index in [-0.39, 0.29) is 5.25 Å². The zero-order valence-electron chi connectivity index (χ0n) is 7.40. The molecule has 5 heteroatoms. The van der Waals surface area contributed by atoms with Crippen molar-refractivity contribution in [2.45, 2.75) is 25.4 Å². The normalized spacial score (nSPS) is 26.8. The first-order valence-corrected chi connectivity index (χ1v) is 4.62. The van der Waals surface area contributed by atoms with Gasteiger partial charge in [-0.25, -0.2) is 9.59 Å². The molecule has 1 fully saturated rings. The van der Waals surface area contributed by atoms with Gasteiger partial charge in [0.25, 0.3) is 6.29 Å². The van der Waals surface area contributed by atoms with E-state index in [4.69, 9.17) is 9.47 Å². The Kier molecular flexibility index (Phi) is 2.98. The highest BCUT2D eigenvalue weighted by Crippen LogP contribution is 2.28. The maximum Gasteiger partial charge on any atom is 0.370 e. The molecule has 0 spiro atoms. The SMILES string of the molecule is C=C(C)C(=O)OC1OC(=O)SC1C. The summed E-state index contributed by atoms with van der Waals surface area (Å²) in [6, 6.07) is 0. The van der Waals surface area contributed by atoms with Gasteiger partial charge in [0.15, 0.2) is 0 Å². The van der Waals surface area contributed by atoms with Crippen LogP contribution in [0.5, 0.6) is 0 Å². The van der Waals surface area contributed by atoms with Crippen LogP contribution in [0.3, 0.4) is 0 Å². The smallest absolute Gasteiger partial charge is 0.370 e. The lowest BCUT2D eigenvalue weighted by Crippen LogP contribution is -2.24. The molecular weight excluding hydrogens is 192 g/mol. The highest BCUT2D eigenvalue weighted by atomic mass is 32.2. The molecule has 1 heterocycles. The van der Waals surface area contributed by atoms with Gasteiger partial charge in [0, 0.05) is 5.57 Å². The number of carbonyl (C=O) groups excluding carboxylic acids is 2. The van der Waals surface area contributed by atoms with Crippen molar-refractivity contribution >= 4 is 23.0 Å². The van der Waals surface area contributed by atoms with Gasteiger partial charge in [0.05, 0.1) is 5.25 Å². The molecule has 1 saturated heterocycles. The van der Waals surface area contributed by atoms with Crippen molar-refractivity contribution in [1.82, 2.24) is 0 Å². The molecule has 0 aromatic heterocycles. The minimum Gasteiger partial charge on any atom is -0.421 e. The van der Waals surface area contributed by atoms with Gasteiger partial charge in [-0.1, -0.05) is 6.58 Å². The molecule has 0 aliphatic carbocycles. The maximum absolute atomic E-state index is 11.0. The van der Waals surface area contributed by atoms with Gasteiger partial charge < -0.3 is 9.47 Å². The third kappa shape index (κ3) is 2.48. The number of esters is 1. The number of cyclic esters (lactones) is 1. The molecule has 0 saturated carbocycles. The van der Waals surface area contributed by atoms with Gasteiger partial charge in [-0.15, -0.1) is 0 Å². The summed E-state index contributed by atoms with van der Waals surface area (Å²) in [5.74, 6) is -0.535. The number of rotatable bonds is 2. The van der Waals surface area contributed by atoms with Gasteiger partial charge in [-0.2, -0.15) is 0 Å². The molecule has 0 aromatic carbocycles. The van der Waals surface area contributed by atoms with Gasteiger partial charge in [0.1, 0.15) is 0 Å². The van der Waals surface area contributed by atoms with Crippen molar-refractivity contribution in [3.8, 4) is 0 Å². The molecule has 0 aromatic rings. The lowest BCUT2D eigenvalue weighted by atomic mass is 10.3. The zero-order valence-corrected chi connectivity index (χ0v) is 8.22. The van der Waals surface area contributed by atoms with Crippen LogP contribution >= 0.6 is 11.8 Å². The topological polar surface area (TPSA) is 52.6 Å². The van der Waals surface area contributed by atoms with Crippen LogP contribution in [0.15, 0.2) is 12.2 Å². The van der Waals surface area contributed by atoms with Crippen molar-refractivity contribution in [1.29, 1.82) is 0 Å². The van der Waals surface area contributed by atoms with Crippen molar-refractivity contribution in [2.24, 2.45) is 0 Å². The van der Waals surface area contributed by atoms with E-state index in [0.717, 1.165) is 11.8 Å². The highest BCUT2D eigenvalue weighted by molar-refractivity contribution is 8.14. The van der Waals surface area contributed by atoms with E-state index in [9.17, 15) is 9.59 Å². The van der Waals surface area contributed by atoms with Crippen LogP contribution in [0.25, 0.3) is 0 Å². The average molecular weight is 202 g/mol. The predicted octanol–water partition coefficient (Wildman–Crippen LogP) is 1.70. The largest absolute Gasteiger partial charge is 0.421 e. The number of thioether (sulfide) groups is 1. The summed E-state index contributed by atoms with van der Waals surface area (Å²) in [5, 5.41) is -0.567. The second-order valence-corrected chi connectivity index (χ2v) is 4.06. The molecule has 2 atom stereocenters. The molecule has 0 bridgehead atoms. The number of ether oxygens (including phenoxy) is 2. The minimum absolute atomic E-state index is 0.157. The Morgan fingerprint density at radius 2 is 2.31 bits per heavy atom. The zero-order chi connectivity index (χ0) is 10.0. The summed E-state index contributed by atoms with van der Waals surface area (Å²) in [7, 11) is 0. The van der Waals surface area contributed by atoms with E-state index < -0.39 is 17.6 Å². The summed E-state index contributed by atoms with van der Waals surface area (Å²) < 4.78 is 9.59. The first-order valence-electron chi connectivity index (χ1n) is 3.74. The number of hydrogen-bond donors (Lipinski definition) is 0. The summed E-state index contributed by atoms with van der Waals surface area (Å²) in [6.45, 7) is 6.71. The van der Waals surface area contributed by atoms with E-state index in [1.54, 1.807) is 6.92 Å². The number of carbonyl (C=O) groups is 2. The van der Waals surface area contributed by atoms with Crippen molar-refractivity contribution in [3.63, 3.8) is 0 Å². The molecule has 1 rings (SSSR count). The summed E-state index contributed by atoms with van der Waals surface area (Å²) in [5.41, 5.74) is 0.292. The third-order valence-electron chi connectivity index (χ3n) is 1.45.